The topological polar surface area (TPSA) is 71.5 Å². The van der Waals surface area contributed by atoms with Gasteiger partial charge in [-0.2, -0.15) is 0 Å². The fourth-order valence-corrected chi connectivity index (χ4v) is 4.06. The van der Waals surface area contributed by atoms with Gasteiger partial charge in [0.15, 0.2) is 5.13 Å². The molecule has 1 fully saturated rings. The van der Waals surface area contributed by atoms with Gasteiger partial charge in [0.05, 0.1) is 22.7 Å². The molecule has 1 aliphatic heterocycles. The van der Waals surface area contributed by atoms with Crippen LogP contribution in [0.3, 0.4) is 0 Å². The summed E-state index contributed by atoms with van der Waals surface area (Å²) in [7, 11) is 0. The minimum absolute atomic E-state index is 0.0352. The van der Waals surface area contributed by atoms with Crippen molar-refractivity contribution in [2.75, 3.05) is 23.4 Å². The SMILES string of the molecule is CCOc1ccc2nc(NC(=O)[C@H]3CC(=O)N(c4ccccc4)C3)sc2c1. The molecule has 2 heterocycles. The van der Waals surface area contributed by atoms with Crippen LogP contribution in [0.2, 0.25) is 0 Å². The lowest BCUT2D eigenvalue weighted by atomic mass is 10.1. The number of anilines is 2. The molecule has 0 bridgehead atoms. The molecule has 1 aliphatic rings. The summed E-state index contributed by atoms with van der Waals surface area (Å²) in [5.74, 6) is 0.188. The lowest BCUT2D eigenvalue weighted by molar-refractivity contribution is -0.122. The molecule has 2 amide bonds. The Morgan fingerprint density at radius 1 is 1.30 bits per heavy atom. The molecule has 0 spiro atoms. The van der Waals surface area contributed by atoms with Gasteiger partial charge in [0.25, 0.3) is 0 Å². The molecule has 27 heavy (non-hydrogen) atoms. The van der Waals surface area contributed by atoms with Crippen LogP contribution in [0.25, 0.3) is 10.2 Å². The second-order valence-electron chi connectivity index (χ2n) is 6.31. The summed E-state index contributed by atoms with van der Waals surface area (Å²) in [4.78, 5) is 31.1. The quantitative estimate of drug-likeness (QED) is 0.732. The van der Waals surface area contributed by atoms with E-state index in [1.807, 2.05) is 55.5 Å². The van der Waals surface area contributed by atoms with E-state index in [2.05, 4.69) is 10.3 Å². The molecule has 1 atom stereocenters. The summed E-state index contributed by atoms with van der Waals surface area (Å²) in [6.07, 6.45) is 0.208. The van der Waals surface area contributed by atoms with Gasteiger partial charge in [0.2, 0.25) is 11.8 Å². The third kappa shape index (κ3) is 3.64. The lowest BCUT2D eigenvalue weighted by Gasteiger charge is -2.16. The number of benzene rings is 2. The third-order valence-corrected chi connectivity index (χ3v) is 5.40. The maximum Gasteiger partial charge on any atom is 0.231 e. The summed E-state index contributed by atoms with van der Waals surface area (Å²) in [5, 5.41) is 3.40. The number of carbonyl (C=O) groups is 2. The maximum absolute atomic E-state index is 12.6. The highest BCUT2D eigenvalue weighted by Gasteiger charge is 2.35. The van der Waals surface area contributed by atoms with E-state index in [9.17, 15) is 9.59 Å². The van der Waals surface area contributed by atoms with E-state index in [4.69, 9.17) is 4.74 Å². The van der Waals surface area contributed by atoms with Crippen LogP contribution in [0.1, 0.15) is 13.3 Å². The molecule has 2 aromatic carbocycles. The summed E-state index contributed by atoms with van der Waals surface area (Å²) >= 11 is 1.40. The number of rotatable bonds is 5. The number of hydrogen-bond donors (Lipinski definition) is 1. The smallest absolute Gasteiger partial charge is 0.231 e. The maximum atomic E-state index is 12.6. The second kappa shape index (κ2) is 7.36. The first-order valence-electron chi connectivity index (χ1n) is 8.83. The van der Waals surface area contributed by atoms with Crippen LogP contribution in [0.4, 0.5) is 10.8 Å². The third-order valence-electron chi connectivity index (χ3n) is 4.46. The van der Waals surface area contributed by atoms with Crippen molar-refractivity contribution < 1.29 is 14.3 Å². The van der Waals surface area contributed by atoms with Gasteiger partial charge in [-0.05, 0) is 37.3 Å². The van der Waals surface area contributed by atoms with Gasteiger partial charge >= 0.3 is 0 Å². The number of ether oxygens (including phenoxy) is 1. The van der Waals surface area contributed by atoms with Gasteiger partial charge in [0.1, 0.15) is 5.75 Å². The predicted molar refractivity (Wildman–Crippen MR) is 106 cm³/mol. The molecule has 0 radical (unpaired) electrons. The molecule has 7 heteroatoms. The van der Waals surface area contributed by atoms with Crippen molar-refractivity contribution in [3.8, 4) is 5.75 Å². The number of nitrogens with zero attached hydrogens (tertiary/aromatic N) is 2. The number of aromatic nitrogens is 1. The minimum Gasteiger partial charge on any atom is -0.494 e. The molecule has 0 saturated carbocycles. The molecule has 1 saturated heterocycles. The first kappa shape index (κ1) is 17.5. The Morgan fingerprint density at radius 2 is 2.11 bits per heavy atom. The predicted octanol–water partition coefficient (Wildman–Crippen LogP) is 3.69. The molecule has 3 aromatic rings. The molecule has 1 N–H and O–H groups in total. The van der Waals surface area contributed by atoms with E-state index in [1.165, 1.54) is 11.3 Å². The van der Waals surface area contributed by atoms with Crippen LogP contribution in [-0.2, 0) is 9.59 Å². The summed E-state index contributed by atoms with van der Waals surface area (Å²) in [5.41, 5.74) is 1.63. The standard InChI is InChI=1S/C20H19N3O3S/c1-2-26-15-8-9-16-17(11-15)27-20(21-16)22-19(25)13-10-18(24)23(12-13)14-6-4-3-5-7-14/h3-9,11,13H,2,10,12H2,1H3,(H,21,22,25)/t13-/m0/s1. The Hall–Kier alpha value is -2.93. The monoisotopic (exact) mass is 381 g/mol. The van der Waals surface area contributed by atoms with Crippen LogP contribution in [0, 0.1) is 5.92 Å². The Balaban J connectivity index is 1.46. The summed E-state index contributed by atoms with van der Waals surface area (Å²) in [6.45, 7) is 2.92. The van der Waals surface area contributed by atoms with Crippen LogP contribution in [0.15, 0.2) is 48.5 Å². The van der Waals surface area contributed by atoms with Crippen molar-refractivity contribution >= 4 is 44.2 Å². The number of fused-ring (bicyclic) bond motifs is 1. The molecule has 138 valence electrons. The normalized spacial score (nSPS) is 16.7. The van der Waals surface area contributed by atoms with Crippen molar-refractivity contribution in [3.05, 3.63) is 48.5 Å². The zero-order valence-corrected chi connectivity index (χ0v) is 15.7. The Morgan fingerprint density at radius 3 is 2.89 bits per heavy atom. The zero-order valence-electron chi connectivity index (χ0n) is 14.8. The van der Waals surface area contributed by atoms with Crippen LogP contribution < -0.4 is 15.0 Å². The first-order chi connectivity index (χ1) is 13.1. The Kier molecular flexibility index (Phi) is 4.77. The molecular weight excluding hydrogens is 362 g/mol. The van der Waals surface area contributed by atoms with Crippen molar-refractivity contribution in [2.45, 2.75) is 13.3 Å². The number of carbonyl (C=O) groups excluding carboxylic acids is 2. The van der Waals surface area contributed by atoms with Crippen molar-refractivity contribution in [1.29, 1.82) is 0 Å². The Bertz CT molecular complexity index is 987. The molecule has 0 aliphatic carbocycles. The van der Waals surface area contributed by atoms with E-state index < -0.39 is 0 Å². The van der Waals surface area contributed by atoms with Crippen molar-refractivity contribution in [1.82, 2.24) is 4.98 Å². The van der Waals surface area contributed by atoms with Gasteiger partial charge in [-0.1, -0.05) is 29.5 Å². The van der Waals surface area contributed by atoms with Crippen molar-refractivity contribution in [3.63, 3.8) is 0 Å². The van der Waals surface area contributed by atoms with E-state index in [-0.39, 0.29) is 24.2 Å². The van der Waals surface area contributed by atoms with E-state index in [0.717, 1.165) is 21.7 Å². The summed E-state index contributed by atoms with van der Waals surface area (Å²) in [6, 6.07) is 15.1. The highest BCUT2D eigenvalue weighted by Crippen LogP contribution is 2.31. The fraction of sp³-hybridized carbons (Fsp3) is 0.250. The average Bonchev–Trinajstić information content (AvgIpc) is 3.25. The number of hydrogen-bond acceptors (Lipinski definition) is 5. The van der Waals surface area contributed by atoms with Crippen LogP contribution in [0.5, 0.6) is 5.75 Å². The molecular formula is C20H19N3O3S. The molecule has 0 unspecified atom stereocenters. The zero-order chi connectivity index (χ0) is 18.8. The average molecular weight is 381 g/mol. The highest BCUT2D eigenvalue weighted by molar-refractivity contribution is 7.22. The van der Waals surface area contributed by atoms with E-state index in [1.54, 1.807) is 4.90 Å². The minimum atomic E-state index is -0.385. The second-order valence-corrected chi connectivity index (χ2v) is 7.34. The van der Waals surface area contributed by atoms with Gasteiger partial charge in [-0.3, -0.25) is 9.59 Å². The van der Waals surface area contributed by atoms with Gasteiger partial charge in [0, 0.05) is 18.7 Å². The van der Waals surface area contributed by atoms with Crippen LogP contribution >= 0.6 is 11.3 Å². The lowest BCUT2D eigenvalue weighted by Crippen LogP contribution is -2.28. The highest BCUT2D eigenvalue weighted by atomic mass is 32.1. The Labute approximate surface area is 160 Å². The molecule has 1 aromatic heterocycles. The number of nitrogens with one attached hydrogen (secondary N) is 1. The van der Waals surface area contributed by atoms with Crippen molar-refractivity contribution in [2.24, 2.45) is 5.92 Å². The molecule has 4 rings (SSSR count). The summed E-state index contributed by atoms with van der Waals surface area (Å²) < 4.78 is 6.45. The molecule has 6 nitrogen and oxygen atoms in total. The van der Waals surface area contributed by atoms with Crippen LogP contribution in [-0.4, -0.2) is 29.9 Å². The first-order valence-corrected chi connectivity index (χ1v) is 9.65. The fourth-order valence-electron chi connectivity index (χ4n) is 3.16. The number of thiazole rings is 1. The number of amides is 2. The van der Waals surface area contributed by atoms with Gasteiger partial charge in [-0.25, -0.2) is 4.98 Å². The van der Waals surface area contributed by atoms with Gasteiger partial charge < -0.3 is 15.0 Å². The largest absolute Gasteiger partial charge is 0.494 e. The number of para-hydroxylation sites is 1. The van der Waals surface area contributed by atoms with E-state index in [0.29, 0.717) is 18.3 Å². The van der Waals surface area contributed by atoms with E-state index >= 15 is 0 Å². The van der Waals surface area contributed by atoms with Gasteiger partial charge in [-0.15, -0.1) is 0 Å².